The predicted octanol–water partition coefficient (Wildman–Crippen LogP) is 1.44. The van der Waals surface area contributed by atoms with Crippen molar-refractivity contribution in [1.82, 2.24) is 14.9 Å². The summed E-state index contributed by atoms with van der Waals surface area (Å²) in [7, 11) is 0. The summed E-state index contributed by atoms with van der Waals surface area (Å²) in [6, 6.07) is 0. The molecule has 0 spiro atoms. The largest absolute Gasteiger partial charge is 0.342 e. The van der Waals surface area contributed by atoms with Crippen LogP contribution in [0, 0.1) is 24.7 Å². The van der Waals surface area contributed by atoms with Crippen LogP contribution in [0.5, 0.6) is 0 Å². The zero-order valence-corrected chi connectivity index (χ0v) is 13.1. The Hall–Kier alpha value is -1.65. The van der Waals surface area contributed by atoms with Gasteiger partial charge in [-0.25, -0.2) is 4.98 Å². The Morgan fingerprint density at radius 2 is 1.86 bits per heavy atom. The molecular weight excluding hydrogens is 278 g/mol. The van der Waals surface area contributed by atoms with E-state index in [0.29, 0.717) is 49.5 Å². The topological polar surface area (TPSA) is 66.1 Å². The van der Waals surface area contributed by atoms with Crippen molar-refractivity contribution in [3.63, 3.8) is 0 Å². The summed E-state index contributed by atoms with van der Waals surface area (Å²) in [6.45, 7) is 3.18. The van der Waals surface area contributed by atoms with Crippen molar-refractivity contribution < 1.29 is 4.79 Å². The molecule has 118 valence electrons. The molecule has 1 aromatic rings. The van der Waals surface area contributed by atoms with E-state index in [1.165, 1.54) is 25.7 Å². The minimum atomic E-state index is -0.0307. The molecule has 2 aliphatic carbocycles. The van der Waals surface area contributed by atoms with Crippen LogP contribution >= 0.6 is 0 Å². The number of H-pyrrole nitrogens is 1. The summed E-state index contributed by atoms with van der Waals surface area (Å²) in [5, 5.41) is 0. The van der Waals surface area contributed by atoms with E-state index in [9.17, 15) is 9.59 Å². The first-order chi connectivity index (χ1) is 10.6. The lowest BCUT2D eigenvalue weighted by Gasteiger charge is -2.20. The summed E-state index contributed by atoms with van der Waals surface area (Å²) >= 11 is 0. The molecule has 2 saturated carbocycles. The normalized spacial score (nSPS) is 30.2. The van der Waals surface area contributed by atoms with E-state index in [1.54, 1.807) is 0 Å². The lowest BCUT2D eigenvalue weighted by atomic mass is 10.0. The van der Waals surface area contributed by atoms with Gasteiger partial charge in [0.05, 0.1) is 5.69 Å². The van der Waals surface area contributed by atoms with Gasteiger partial charge in [-0.3, -0.25) is 9.59 Å². The van der Waals surface area contributed by atoms with Crippen LogP contribution in [0.4, 0.5) is 0 Å². The number of carbonyl (C=O) groups is 1. The van der Waals surface area contributed by atoms with Crippen LogP contribution in [-0.4, -0.2) is 33.9 Å². The van der Waals surface area contributed by atoms with Crippen LogP contribution in [0.25, 0.3) is 0 Å². The second kappa shape index (κ2) is 5.21. The zero-order chi connectivity index (χ0) is 15.3. The summed E-state index contributed by atoms with van der Waals surface area (Å²) in [6.07, 6.45) is 6.37. The number of fused-ring (bicyclic) bond motifs is 2. The van der Waals surface area contributed by atoms with Gasteiger partial charge in [-0.15, -0.1) is 0 Å². The van der Waals surface area contributed by atoms with Gasteiger partial charge in [0.2, 0.25) is 5.91 Å². The number of rotatable bonds is 1. The van der Waals surface area contributed by atoms with E-state index < -0.39 is 0 Å². The lowest BCUT2D eigenvalue weighted by Crippen LogP contribution is -2.35. The number of nitrogens with one attached hydrogen (secondary N) is 1. The average Bonchev–Trinajstić information content (AvgIpc) is 3.25. The molecule has 3 aliphatic rings. The van der Waals surface area contributed by atoms with E-state index in [4.69, 9.17) is 0 Å². The summed E-state index contributed by atoms with van der Waals surface area (Å²) in [4.78, 5) is 34.1. The fraction of sp³-hybridized carbons (Fsp3) is 0.706. The van der Waals surface area contributed by atoms with E-state index in [1.807, 2.05) is 11.8 Å². The molecule has 22 heavy (non-hydrogen) atoms. The molecule has 2 fully saturated rings. The Bertz CT molecular complexity index is 654. The second-order valence-electron chi connectivity index (χ2n) is 7.04. The van der Waals surface area contributed by atoms with Crippen molar-refractivity contribution in [1.29, 1.82) is 0 Å². The van der Waals surface area contributed by atoms with Crippen molar-refractivity contribution in [2.24, 2.45) is 17.8 Å². The highest BCUT2D eigenvalue weighted by molar-refractivity contribution is 5.82. The van der Waals surface area contributed by atoms with Gasteiger partial charge < -0.3 is 9.88 Å². The average molecular weight is 301 g/mol. The standard InChI is InChI=1S/C17H23N3O2/c1-10-18-14-7-9-20(8-6-13(14)16(21)19-10)17(22)15-11-4-2-3-5-12(11)15/h11-12,15H,2-9H2,1H3,(H,18,19,21)/t11-,12+,15?. The first kappa shape index (κ1) is 14.0. The molecule has 1 amide bonds. The monoisotopic (exact) mass is 301 g/mol. The molecule has 4 rings (SSSR count). The summed E-state index contributed by atoms with van der Waals surface area (Å²) in [5.41, 5.74) is 1.62. The van der Waals surface area contributed by atoms with E-state index >= 15 is 0 Å². The highest BCUT2D eigenvalue weighted by Crippen LogP contribution is 2.56. The molecule has 0 radical (unpaired) electrons. The van der Waals surface area contributed by atoms with Gasteiger partial charge in [-0.1, -0.05) is 12.8 Å². The maximum absolute atomic E-state index is 12.8. The van der Waals surface area contributed by atoms with Crippen LogP contribution in [-0.2, 0) is 17.6 Å². The number of aryl methyl sites for hydroxylation is 1. The first-order valence-electron chi connectivity index (χ1n) is 8.52. The zero-order valence-electron chi connectivity index (χ0n) is 13.1. The molecule has 0 aromatic carbocycles. The van der Waals surface area contributed by atoms with Crippen LogP contribution in [0.1, 0.15) is 42.8 Å². The quantitative estimate of drug-likeness (QED) is 0.853. The highest BCUT2D eigenvalue weighted by Gasteiger charge is 2.55. The number of aromatic nitrogens is 2. The third-order valence-electron chi connectivity index (χ3n) is 5.72. The van der Waals surface area contributed by atoms with E-state index in [2.05, 4.69) is 9.97 Å². The molecule has 1 aromatic heterocycles. The maximum atomic E-state index is 12.8. The Morgan fingerprint density at radius 1 is 1.18 bits per heavy atom. The van der Waals surface area contributed by atoms with Gasteiger partial charge in [0.15, 0.2) is 0 Å². The number of nitrogens with zero attached hydrogens (tertiary/aromatic N) is 2. The Balaban J connectivity index is 1.49. The van der Waals surface area contributed by atoms with Crippen molar-refractivity contribution in [3.8, 4) is 0 Å². The molecule has 2 heterocycles. The first-order valence-corrected chi connectivity index (χ1v) is 8.52. The van der Waals surface area contributed by atoms with Crippen molar-refractivity contribution >= 4 is 5.91 Å². The molecule has 5 nitrogen and oxygen atoms in total. The minimum Gasteiger partial charge on any atom is -0.342 e. The fourth-order valence-electron chi connectivity index (χ4n) is 4.52. The lowest BCUT2D eigenvalue weighted by molar-refractivity contribution is -0.133. The number of hydrogen-bond acceptors (Lipinski definition) is 3. The van der Waals surface area contributed by atoms with Crippen LogP contribution < -0.4 is 5.56 Å². The third kappa shape index (κ3) is 2.27. The molecule has 0 bridgehead atoms. The molecule has 0 saturated heterocycles. The predicted molar refractivity (Wildman–Crippen MR) is 82.5 cm³/mol. The number of amides is 1. The maximum Gasteiger partial charge on any atom is 0.254 e. The fourth-order valence-corrected chi connectivity index (χ4v) is 4.52. The second-order valence-corrected chi connectivity index (χ2v) is 7.04. The Kier molecular flexibility index (Phi) is 3.31. The Labute approximate surface area is 130 Å². The summed E-state index contributed by atoms with van der Waals surface area (Å²) in [5.74, 6) is 2.57. The van der Waals surface area contributed by atoms with E-state index in [0.717, 1.165) is 11.3 Å². The van der Waals surface area contributed by atoms with Gasteiger partial charge in [-0.05, 0) is 38.0 Å². The molecule has 3 atom stereocenters. The number of hydrogen-bond donors (Lipinski definition) is 1. The van der Waals surface area contributed by atoms with Gasteiger partial charge >= 0.3 is 0 Å². The Morgan fingerprint density at radius 3 is 2.59 bits per heavy atom. The van der Waals surface area contributed by atoms with Crippen molar-refractivity contribution in [3.05, 3.63) is 27.4 Å². The van der Waals surface area contributed by atoms with Crippen molar-refractivity contribution in [2.75, 3.05) is 13.1 Å². The number of aromatic amines is 1. The summed E-state index contributed by atoms with van der Waals surface area (Å²) < 4.78 is 0. The van der Waals surface area contributed by atoms with Crippen LogP contribution in [0.15, 0.2) is 4.79 Å². The van der Waals surface area contributed by atoms with Crippen molar-refractivity contribution in [2.45, 2.75) is 45.4 Å². The van der Waals surface area contributed by atoms with Gasteiger partial charge in [0.25, 0.3) is 5.56 Å². The molecule has 1 unspecified atom stereocenters. The molecule has 1 N–H and O–H groups in total. The molecular formula is C17H23N3O2. The molecule has 5 heteroatoms. The van der Waals surface area contributed by atoms with Crippen LogP contribution in [0.3, 0.4) is 0 Å². The van der Waals surface area contributed by atoms with E-state index in [-0.39, 0.29) is 11.5 Å². The smallest absolute Gasteiger partial charge is 0.254 e. The number of carbonyl (C=O) groups excluding carboxylic acids is 1. The third-order valence-corrected chi connectivity index (χ3v) is 5.72. The molecule has 1 aliphatic heterocycles. The minimum absolute atomic E-state index is 0.0307. The van der Waals surface area contributed by atoms with Crippen LogP contribution in [0.2, 0.25) is 0 Å². The van der Waals surface area contributed by atoms with Gasteiger partial charge in [0.1, 0.15) is 5.82 Å². The highest BCUT2D eigenvalue weighted by atomic mass is 16.2. The SMILES string of the molecule is Cc1nc2c(c(=O)[nH]1)CCN(C(=O)C1[C@H]3CCCC[C@@H]13)CC2. The van der Waals surface area contributed by atoms with Gasteiger partial charge in [0, 0.05) is 31.0 Å². The van der Waals surface area contributed by atoms with Gasteiger partial charge in [-0.2, -0.15) is 0 Å².